The van der Waals surface area contributed by atoms with Gasteiger partial charge in [0.1, 0.15) is 36.6 Å². The molecule has 1 fully saturated rings. The number of aliphatic hydroxyl groups excluding tert-OH is 6. The Hall–Kier alpha value is -2.15. The molecule has 2 rings (SSSR count). The molecule has 9 N–H and O–H groups in total. The number of carbonyl (C=O) groups excluding carboxylic acids is 1. The second-order valence-corrected chi connectivity index (χ2v) is 5.30. The van der Waals surface area contributed by atoms with Crippen molar-refractivity contribution in [3.63, 3.8) is 0 Å². The van der Waals surface area contributed by atoms with E-state index in [0.717, 1.165) is 12.1 Å². The summed E-state index contributed by atoms with van der Waals surface area (Å²) in [6.07, 6.45) is -9.84. The summed E-state index contributed by atoms with van der Waals surface area (Å²) in [6, 6.07) is 2.00. The molecule has 1 aromatic carbocycles. The Morgan fingerprint density at radius 3 is 1.28 bits per heavy atom. The van der Waals surface area contributed by atoms with Crippen LogP contribution < -0.4 is 0 Å². The van der Waals surface area contributed by atoms with Crippen LogP contribution in [0.25, 0.3) is 0 Å². The van der Waals surface area contributed by atoms with Crippen molar-refractivity contribution >= 4 is 5.97 Å². The number of methoxy groups -OCH3 is 1. The van der Waals surface area contributed by atoms with Crippen LogP contribution in [0.3, 0.4) is 0 Å². The highest BCUT2D eigenvalue weighted by atomic mass is 16.5. The molecule has 11 heteroatoms. The molecule has 142 valence electrons. The van der Waals surface area contributed by atoms with E-state index < -0.39 is 59.8 Å². The number of phenols is 3. The Morgan fingerprint density at radius 2 is 1.04 bits per heavy atom. The van der Waals surface area contributed by atoms with Crippen molar-refractivity contribution in [2.24, 2.45) is 0 Å². The summed E-state index contributed by atoms with van der Waals surface area (Å²) in [5, 5.41) is 80.8. The molecule has 0 aliphatic heterocycles. The van der Waals surface area contributed by atoms with E-state index in [1.165, 1.54) is 7.11 Å². The van der Waals surface area contributed by atoms with Gasteiger partial charge in [0, 0.05) is 0 Å². The van der Waals surface area contributed by atoms with Gasteiger partial charge in [-0.1, -0.05) is 0 Å². The van der Waals surface area contributed by atoms with E-state index in [4.69, 9.17) is 46.0 Å². The fraction of sp³-hybridized carbons (Fsp3) is 0.500. The summed E-state index contributed by atoms with van der Waals surface area (Å²) in [5.41, 5.74) is -0.0321. The minimum Gasteiger partial charge on any atom is -0.504 e. The molecule has 0 atom stereocenters. The van der Waals surface area contributed by atoms with Gasteiger partial charge in [0.25, 0.3) is 0 Å². The van der Waals surface area contributed by atoms with Crippen LogP contribution in [0.15, 0.2) is 12.1 Å². The van der Waals surface area contributed by atoms with Crippen molar-refractivity contribution in [3.8, 4) is 17.2 Å². The zero-order valence-corrected chi connectivity index (χ0v) is 13.0. The van der Waals surface area contributed by atoms with Gasteiger partial charge in [0.15, 0.2) is 17.2 Å². The molecule has 1 aliphatic carbocycles. The lowest BCUT2D eigenvalue weighted by molar-refractivity contribution is -0.223. The molecule has 0 aromatic heterocycles. The van der Waals surface area contributed by atoms with Crippen molar-refractivity contribution in [2.45, 2.75) is 36.6 Å². The zero-order chi connectivity index (χ0) is 19.5. The van der Waals surface area contributed by atoms with Crippen molar-refractivity contribution in [1.29, 1.82) is 0 Å². The molecular weight excluding hydrogens is 344 g/mol. The van der Waals surface area contributed by atoms with Crippen LogP contribution in [-0.4, -0.2) is 95.7 Å². The number of ether oxygens (including phenoxy) is 1. The quantitative estimate of drug-likeness (QED) is 0.178. The molecule has 1 aromatic rings. The monoisotopic (exact) mass is 364 g/mol. The average Bonchev–Trinajstić information content (AvgIpc) is 2.60. The lowest BCUT2D eigenvalue weighted by Crippen LogP contribution is -2.63. The van der Waals surface area contributed by atoms with E-state index in [2.05, 4.69) is 4.74 Å². The molecule has 1 saturated carbocycles. The van der Waals surface area contributed by atoms with Crippen LogP contribution >= 0.6 is 0 Å². The lowest BCUT2D eigenvalue weighted by atomic mass is 9.85. The van der Waals surface area contributed by atoms with Crippen LogP contribution in [0, 0.1) is 0 Å². The largest absolute Gasteiger partial charge is 0.504 e. The van der Waals surface area contributed by atoms with E-state index in [0.29, 0.717) is 0 Å². The van der Waals surface area contributed by atoms with Crippen LogP contribution in [0.2, 0.25) is 0 Å². The van der Waals surface area contributed by atoms with Gasteiger partial charge in [0.05, 0.1) is 12.7 Å². The predicted octanol–water partition coefficient (Wildman–Crippen LogP) is -3.24. The Balaban J connectivity index is 0.000000251. The number of aromatic hydroxyl groups is 3. The Kier molecular flexibility index (Phi) is 6.93. The van der Waals surface area contributed by atoms with E-state index in [1.807, 2.05) is 0 Å². The first-order chi connectivity index (χ1) is 11.5. The number of phenolic OH excluding ortho intramolecular Hbond substituents is 3. The first-order valence-corrected chi connectivity index (χ1v) is 6.94. The first-order valence-electron chi connectivity index (χ1n) is 6.94. The number of rotatable bonds is 1. The molecule has 11 nitrogen and oxygen atoms in total. The third kappa shape index (κ3) is 4.48. The average molecular weight is 364 g/mol. The van der Waals surface area contributed by atoms with Gasteiger partial charge in [-0.15, -0.1) is 0 Å². The second kappa shape index (κ2) is 8.29. The molecule has 0 spiro atoms. The predicted molar refractivity (Wildman–Crippen MR) is 78.8 cm³/mol. The van der Waals surface area contributed by atoms with E-state index in [-0.39, 0.29) is 5.56 Å². The van der Waals surface area contributed by atoms with E-state index in [1.54, 1.807) is 0 Å². The maximum Gasteiger partial charge on any atom is 0.338 e. The summed E-state index contributed by atoms with van der Waals surface area (Å²) < 4.78 is 4.34. The highest BCUT2D eigenvalue weighted by Gasteiger charge is 2.47. The second-order valence-electron chi connectivity index (χ2n) is 5.30. The summed E-state index contributed by atoms with van der Waals surface area (Å²) in [5.74, 6) is -2.50. The fourth-order valence-corrected chi connectivity index (χ4v) is 2.05. The molecule has 0 bridgehead atoms. The molecular formula is C14H20O11. The number of carbonyl (C=O) groups is 1. The molecule has 0 heterocycles. The number of hydrogen-bond donors (Lipinski definition) is 9. The summed E-state index contributed by atoms with van der Waals surface area (Å²) in [4.78, 5) is 10.9. The lowest BCUT2D eigenvalue weighted by Gasteiger charge is -2.39. The molecule has 1 aliphatic rings. The SMILES string of the molecule is COC(=O)c1cc(O)c(O)c(O)c1.OC1C(O)C(O)C(O)C(O)C1O. The number of hydrogen-bond acceptors (Lipinski definition) is 11. The highest BCUT2D eigenvalue weighted by Crippen LogP contribution is 2.35. The van der Waals surface area contributed by atoms with E-state index >= 15 is 0 Å². The fourth-order valence-electron chi connectivity index (χ4n) is 2.05. The molecule has 25 heavy (non-hydrogen) atoms. The minimum atomic E-state index is -1.64. The van der Waals surface area contributed by atoms with Gasteiger partial charge in [0.2, 0.25) is 0 Å². The third-order valence-corrected chi connectivity index (χ3v) is 3.59. The van der Waals surface area contributed by atoms with Crippen molar-refractivity contribution in [1.82, 2.24) is 0 Å². The van der Waals surface area contributed by atoms with E-state index in [9.17, 15) is 4.79 Å². The molecule has 0 unspecified atom stereocenters. The first kappa shape index (κ1) is 20.9. The Labute approximate surface area is 141 Å². The topological polar surface area (TPSA) is 208 Å². The van der Waals surface area contributed by atoms with Crippen LogP contribution in [0.1, 0.15) is 10.4 Å². The van der Waals surface area contributed by atoms with Gasteiger partial charge in [-0.2, -0.15) is 0 Å². The van der Waals surface area contributed by atoms with Gasteiger partial charge in [-0.3, -0.25) is 0 Å². The molecule has 0 amide bonds. The normalized spacial score (nSPS) is 31.6. The van der Waals surface area contributed by atoms with Gasteiger partial charge >= 0.3 is 5.97 Å². The number of esters is 1. The Morgan fingerprint density at radius 1 is 0.760 bits per heavy atom. The summed E-state index contributed by atoms with van der Waals surface area (Å²) in [6.45, 7) is 0. The zero-order valence-electron chi connectivity index (χ0n) is 13.0. The van der Waals surface area contributed by atoms with Crippen molar-refractivity contribution < 1.29 is 55.5 Å². The smallest absolute Gasteiger partial charge is 0.338 e. The van der Waals surface area contributed by atoms with Crippen LogP contribution in [-0.2, 0) is 4.74 Å². The molecule has 0 radical (unpaired) electrons. The Bertz CT molecular complexity index is 523. The number of aliphatic hydroxyl groups is 6. The maximum absolute atomic E-state index is 10.9. The summed E-state index contributed by atoms with van der Waals surface area (Å²) >= 11 is 0. The maximum atomic E-state index is 10.9. The standard InChI is InChI=1S/C8H8O5.C6H12O6/c1-13-8(12)4-2-5(9)7(11)6(10)3-4;7-1-2(8)4(10)6(12)5(11)3(1)9/h2-3,9-11H,1H3;1-12H. The van der Waals surface area contributed by atoms with Crippen LogP contribution in [0.4, 0.5) is 0 Å². The summed E-state index contributed by atoms with van der Waals surface area (Å²) in [7, 11) is 1.17. The van der Waals surface area contributed by atoms with Gasteiger partial charge in [-0.25, -0.2) is 4.79 Å². The van der Waals surface area contributed by atoms with Crippen molar-refractivity contribution in [3.05, 3.63) is 17.7 Å². The number of benzene rings is 1. The van der Waals surface area contributed by atoms with Gasteiger partial charge < -0.3 is 50.7 Å². The third-order valence-electron chi connectivity index (χ3n) is 3.59. The van der Waals surface area contributed by atoms with Crippen LogP contribution in [0.5, 0.6) is 17.2 Å². The van der Waals surface area contributed by atoms with Gasteiger partial charge in [-0.05, 0) is 12.1 Å². The van der Waals surface area contributed by atoms with Crippen molar-refractivity contribution in [2.75, 3.05) is 7.11 Å². The molecule has 0 saturated heterocycles. The minimum absolute atomic E-state index is 0.0321. The highest BCUT2D eigenvalue weighted by molar-refractivity contribution is 5.90.